The molecule has 20 heavy (non-hydrogen) atoms. The van der Waals surface area contributed by atoms with E-state index < -0.39 is 5.97 Å². The van der Waals surface area contributed by atoms with E-state index in [9.17, 15) is 14.7 Å². The summed E-state index contributed by atoms with van der Waals surface area (Å²) in [6.45, 7) is 5.60. The van der Waals surface area contributed by atoms with Crippen LogP contribution in [0.1, 0.15) is 25.7 Å². The van der Waals surface area contributed by atoms with Crippen LogP contribution in [0.4, 0.5) is 0 Å². The van der Waals surface area contributed by atoms with Gasteiger partial charge in [0.2, 0.25) is 5.91 Å². The third-order valence-corrected chi connectivity index (χ3v) is 4.18. The number of ether oxygens (including phenoxy) is 1. The number of carbonyl (C=O) groups excluding carboxylic acids is 1. The summed E-state index contributed by atoms with van der Waals surface area (Å²) >= 11 is 0. The average molecular weight is 281 g/mol. The van der Waals surface area contributed by atoms with Gasteiger partial charge in [0.1, 0.15) is 0 Å². The number of carbonyl (C=O) groups is 2. The number of rotatable bonds is 8. The Kier molecular flexibility index (Phi) is 5.17. The van der Waals surface area contributed by atoms with Gasteiger partial charge in [-0.1, -0.05) is 6.08 Å². The zero-order valence-electron chi connectivity index (χ0n) is 11.8. The maximum atomic E-state index is 12.1. The Bertz CT molecular complexity index is 378. The van der Waals surface area contributed by atoms with Gasteiger partial charge in [0.05, 0.1) is 12.5 Å². The largest absolute Gasteiger partial charge is 0.481 e. The minimum Gasteiger partial charge on any atom is -0.481 e. The first-order valence-corrected chi connectivity index (χ1v) is 7.32. The third-order valence-electron chi connectivity index (χ3n) is 4.18. The van der Waals surface area contributed by atoms with Crippen LogP contribution in [0.5, 0.6) is 0 Å². The number of aliphatic carboxylic acids is 1. The van der Waals surface area contributed by atoms with Gasteiger partial charge in [-0.25, -0.2) is 0 Å². The lowest BCUT2D eigenvalue weighted by molar-refractivity contribution is -0.142. The molecule has 0 radical (unpaired) electrons. The SMILES string of the molecule is C=CCOCCCC(=O)N1C[C@H](C(=O)O)[C@@H](C2CC2)C1. The van der Waals surface area contributed by atoms with Crippen molar-refractivity contribution in [3.05, 3.63) is 12.7 Å². The molecule has 0 aromatic heterocycles. The van der Waals surface area contributed by atoms with E-state index in [2.05, 4.69) is 6.58 Å². The molecule has 2 aliphatic rings. The minimum atomic E-state index is -0.758. The smallest absolute Gasteiger partial charge is 0.308 e. The molecule has 1 N–H and O–H groups in total. The van der Waals surface area contributed by atoms with Crippen LogP contribution in [0, 0.1) is 17.8 Å². The molecular weight excluding hydrogens is 258 g/mol. The van der Waals surface area contributed by atoms with E-state index >= 15 is 0 Å². The van der Waals surface area contributed by atoms with Gasteiger partial charge in [-0.3, -0.25) is 9.59 Å². The quantitative estimate of drug-likeness (QED) is 0.541. The van der Waals surface area contributed by atoms with Crippen molar-refractivity contribution in [2.45, 2.75) is 25.7 Å². The Morgan fingerprint density at radius 3 is 2.70 bits per heavy atom. The molecule has 0 bridgehead atoms. The summed E-state index contributed by atoms with van der Waals surface area (Å²) in [7, 11) is 0. The molecule has 5 nitrogen and oxygen atoms in total. The topological polar surface area (TPSA) is 66.8 Å². The molecule has 1 aliphatic carbocycles. The van der Waals surface area contributed by atoms with Crippen LogP contribution in [-0.4, -0.2) is 48.2 Å². The first kappa shape index (κ1) is 15.0. The van der Waals surface area contributed by atoms with Crippen LogP contribution in [0.25, 0.3) is 0 Å². The lowest BCUT2D eigenvalue weighted by Crippen LogP contribution is -2.29. The molecule has 2 rings (SSSR count). The van der Waals surface area contributed by atoms with E-state index in [1.807, 2.05) is 0 Å². The molecule has 1 heterocycles. The van der Waals surface area contributed by atoms with Crippen molar-refractivity contribution < 1.29 is 19.4 Å². The summed E-state index contributed by atoms with van der Waals surface area (Å²) in [6, 6.07) is 0. The normalized spacial score (nSPS) is 25.7. The molecule has 0 unspecified atom stereocenters. The number of amides is 1. The Labute approximate surface area is 119 Å². The van der Waals surface area contributed by atoms with E-state index in [-0.39, 0.29) is 17.7 Å². The van der Waals surface area contributed by atoms with Gasteiger partial charge in [-0.05, 0) is 31.1 Å². The average Bonchev–Trinajstić information content (AvgIpc) is 3.16. The lowest BCUT2D eigenvalue weighted by Gasteiger charge is -2.16. The number of nitrogens with zero attached hydrogens (tertiary/aromatic N) is 1. The maximum Gasteiger partial charge on any atom is 0.308 e. The van der Waals surface area contributed by atoms with Gasteiger partial charge >= 0.3 is 5.97 Å². The van der Waals surface area contributed by atoms with Gasteiger partial charge in [-0.2, -0.15) is 0 Å². The molecule has 2 atom stereocenters. The molecule has 0 spiro atoms. The summed E-state index contributed by atoms with van der Waals surface area (Å²) < 4.78 is 5.24. The molecule has 1 saturated carbocycles. The van der Waals surface area contributed by atoms with E-state index in [1.165, 1.54) is 0 Å². The Morgan fingerprint density at radius 1 is 1.35 bits per heavy atom. The predicted octanol–water partition coefficient (Wildman–Crippen LogP) is 1.54. The van der Waals surface area contributed by atoms with E-state index in [0.29, 0.717) is 45.1 Å². The van der Waals surface area contributed by atoms with Gasteiger partial charge in [-0.15, -0.1) is 6.58 Å². The first-order chi connectivity index (χ1) is 9.63. The predicted molar refractivity (Wildman–Crippen MR) is 74.2 cm³/mol. The molecule has 0 aromatic rings. The Hall–Kier alpha value is -1.36. The Balaban J connectivity index is 1.76. The number of likely N-dealkylation sites (tertiary alicyclic amines) is 1. The molecule has 1 aliphatic heterocycles. The van der Waals surface area contributed by atoms with Crippen molar-refractivity contribution in [3.63, 3.8) is 0 Å². The Morgan fingerprint density at radius 2 is 2.10 bits per heavy atom. The third kappa shape index (κ3) is 3.82. The zero-order chi connectivity index (χ0) is 14.5. The van der Waals surface area contributed by atoms with Crippen molar-refractivity contribution in [1.82, 2.24) is 4.90 Å². The summed E-state index contributed by atoms with van der Waals surface area (Å²) in [6.07, 6.45) is 5.02. The summed E-state index contributed by atoms with van der Waals surface area (Å²) in [5, 5.41) is 9.27. The standard InChI is InChI=1S/C15H23NO4/c1-2-7-20-8-3-4-14(17)16-9-12(11-5-6-11)13(10-16)15(18)19/h2,11-13H,1,3-10H2,(H,18,19)/t12-,13+/m1/s1. The zero-order valence-corrected chi connectivity index (χ0v) is 11.8. The van der Waals surface area contributed by atoms with Crippen molar-refractivity contribution in [3.8, 4) is 0 Å². The van der Waals surface area contributed by atoms with E-state index in [0.717, 1.165) is 12.8 Å². The second kappa shape index (κ2) is 6.88. The highest BCUT2D eigenvalue weighted by Gasteiger charge is 2.46. The molecule has 0 aromatic carbocycles. The van der Waals surface area contributed by atoms with Crippen molar-refractivity contribution >= 4 is 11.9 Å². The highest BCUT2D eigenvalue weighted by Crippen LogP contribution is 2.44. The minimum absolute atomic E-state index is 0.0570. The number of hydrogen-bond acceptors (Lipinski definition) is 3. The fourth-order valence-corrected chi connectivity index (χ4v) is 2.95. The van der Waals surface area contributed by atoms with Crippen LogP contribution in [-0.2, 0) is 14.3 Å². The van der Waals surface area contributed by atoms with Gasteiger partial charge in [0.15, 0.2) is 0 Å². The van der Waals surface area contributed by atoms with Crippen LogP contribution in [0.3, 0.4) is 0 Å². The molecule has 2 fully saturated rings. The molecule has 1 saturated heterocycles. The first-order valence-electron chi connectivity index (χ1n) is 7.32. The number of hydrogen-bond donors (Lipinski definition) is 1. The van der Waals surface area contributed by atoms with Crippen LogP contribution < -0.4 is 0 Å². The lowest BCUT2D eigenvalue weighted by atomic mass is 9.92. The molecule has 1 amide bonds. The molecule has 5 heteroatoms. The van der Waals surface area contributed by atoms with Gasteiger partial charge < -0.3 is 14.7 Å². The van der Waals surface area contributed by atoms with Crippen molar-refractivity contribution in [2.24, 2.45) is 17.8 Å². The van der Waals surface area contributed by atoms with Crippen molar-refractivity contribution in [1.29, 1.82) is 0 Å². The van der Waals surface area contributed by atoms with Crippen LogP contribution in [0.2, 0.25) is 0 Å². The fourth-order valence-electron chi connectivity index (χ4n) is 2.95. The summed E-state index contributed by atoms with van der Waals surface area (Å²) in [5.74, 6) is -0.394. The highest BCUT2D eigenvalue weighted by molar-refractivity contribution is 5.79. The maximum absolute atomic E-state index is 12.1. The number of carboxylic acid groups (broad SMARTS) is 1. The summed E-state index contributed by atoms with van der Waals surface area (Å²) in [5.41, 5.74) is 0. The fraction of sp³-hybridized carbons (Fsp3) is 0.733. The second-order valence-corrected chi connectivity index (χ2v) is 5.71. The molecular formula is C15H23NO4. The monoisotopic (exact) mass is 281 g/mol. The highest BCUT2D eigenvalue weighted by atomic mass is 16.5. The molecule has 112 valence electrons. The van der Waals surface area contributed by atoms with Crippen LogP contribution >= 0.6 is 0 Å². The van der Waals surface area contributed by atoms with Crippen LogP contribution in [0.15, 0.2) is 12.7 Å². The van der Waals surface area contributed by atoms with E-state index in [1.54, 1.807) is 11.0 Å². The van der Waals surface area contributed by atoms with Gasteiger partial charge in [0, 0.05) is 26.1 Å². The van der Waals surface area contributed by atoms with Crippen molar-refractivity contribution in [2.75, 3.05) is 26.3 Å². The van der Waals surface area contributed by atoms with Gasteiger partial charge in [0.25, 0.3) is 0 Å². The van der Waals surface area contributed by atoms with E-state index in [4.69, 9.17) is 4.74 Å². The second-order valence-electron chi connectivity index (χ2n) is 5.71. The number of carboxylic acids is 1. The summed E-state index contributed by atoms with van der Waals surface area (Å²) in [4.78, 5) is 25.1.